The van der Waals surface area contributed by atoms with E-state index < -0.39 is 0 Å². The van der Waals surface area contributed by atoms with Crippen LogP contribution in [-0.2, 0) is 6.54 Å². The number of rotatable bonds is 3. The second kappa shape index (κ2) is 6.62. The van der Waals surface area contributed by atoms with E-state index in [0.717, 1.165) is 30.3 Å². The number of para-hydroxylation sites is 1. The number of hydrogen-bond donors (Lipinski definition) is 1. The Balaban J connectivity index is 1.64. The van der Waals surface area contributed by atoms with Crippen LogP contribution in [0.1, 0.15) is 5.82 Å². The minimum absolute atomic E-state index is 0.412. The molecule has 0 atom stereocenters. The van der Waals surface area contributed by atoms with Crippen molar-refractivity contribution >= 4 is 17.7 Å². The average molecular weight is 302 g/mol. The van der Waals surface area contributed by atoms with Gasteiger partial charge in [0.15, 0.2) is 11.8 Å². The van der Waals surface area contributed by atoms with Crippen LogP contribution in [-0.4, -0.2) is 50.2 Å². The van der Waals surface area contributed by atoms with Crippen molar-refractivity contribution in [1.29, 1.82) is 0 Å². The predicted octanol–water partition coefficient (Wildman–Crippen LogP) is 1.13. The average Bonchev–Trinajstić information content (AvgIpc) is 3.03. The molecule has 1 aromatic carbocycles. The number of nitrogens with zero attached hydrogens (tertiary/aromatic N) is 5. The van der Waals surface area contributed by atoms with Gasteiger partial charge in [-0.1, -0.05) is 18.2 Å². The molecule has 1 aliphatic rings. The molecule has 0 amide bonds. The van der Waals surface area contributed by atoms with E-state index in [1.165, 1.54) is 0 Å². The first kappa shape index (κ1) is 13.9. The van der Waals surface area contributed by atoms with Gasteiger partial charge in [0.05, 0.1) is 5.69 Å². The van der Waals surface area contributed by atoms with Crippen LogP contribution in [0.3, 0.4) is 0 Å². The van der Waals surface area contributed by atoms with Gasteiger partial charge in [-0.05, 0) is 12.1 Å². The maximum atomic E-state index is 6.02. The zero-order valence-electron chi connectivity index (χ0n) is 11.7. The fourth-order valence-corrected chi connectivity index (χ4v) is 3.02. The Morgan fingerprint density at radius 1 is 1.24 bits per heavy atom. The van der Waals surface area contributed by atoms with E-state index in [0.29, 0.717) is 18.3 Å². The van der Waals surface area contributed by atoms with E-state index >= 15 is 0 Å². The van der Waals surface area contributed by atoms with E-state index in [4.69, 9.17) is 5.73 Å². The quantitative estimate of drug-likeness (QED) is 0.680. The summed E-state index contributed by atoms with van der Waals surface area (Å²) in [5, 5.41) is 4.42. The first-order valence-corrected chi connectivity index (χ1v) is 8.07. The number of thioether (sulfide) groups is 1. The molecule has 110 valence electrons. The summed E-state index contributed by atoms with van der Waals surface area (Å²) in [6, 6.07) is 9.90. The molecule has 2 heterocycles. The summed E-state index contributed by atoms with van der Waals surface area (Å²) in [5.74, 6) is 3.48. The molecular weight excluding hydrogens is 284 g/mol. The Labute approximate surface area is 128 Å². The third kappa shape index (κ3) is 3.55. The molecule has 1 saturated heterocycles. The summed E-state index contributed by atoms with van der Waals surface area (Å²) in [6.45, 7) is 2.34. The highest BCUT2D eigenvalue weighted by molar-refractivity contribution is 7.99. The van der Waals surface area contributed by atoms with Crippen LogP contribution in [0.4, 0.5) is 0 Å². The summed E-state index contributed by atoms with van der Waals surface area (Å²) < 4.78 is 1.75. The van der Waals surface area contributed by atoms with Crippen LogP contribution in [0.25, 0.3) is 5.69 Å². The smallest absolute Gasteiger partial charge is 0.191 e. The van der Waals surface area contributed by atoms with Crippen LogP contribution in [0.5, 0.6) is 0 Å². The standard InChI is InChI=1S/C14H18N6S/c15-14(19-6-8-21-9-7-19)16-10-13-17-11-20(18-13)12-4-2-1-3-5-12/h1-5,11H,6-10H2,(H2,15,16). The molecule has 0 radical (unpaired) electrons. The van der Waals surface area contributed by atoms with Gasteiger partial charge < -0.3 is 10.6 Å². The number of hydrogen-bond acceptors (Lipinski definition) is 4. The van der Waals surface area contributed by atoms with Crippen molar-refractivity contribution in [3.8, 4) is 5.69 Å². The van der Waals surface area contributed by atoms with Crippen LogP contribution < -0.4 is 5.73 Å². The van der Waals surface area contributed by atoms with Crippen molar-refractivity contribution < 1.29 is 0 Å². The van der Waals surface area contributed by atoms with E-state index in [9.17, 15) is 0 Å². The summed E-state index contributed by atoms with van der Waals surface area (Å²) in [4.78, 5) is 10.8. The molecule has 2 aromatic rings. The molecule has 21 heavy (non-hydrogen) atoms. The predicted molar refractivity (Wildman–Crippen MR) is 85.6 cm³/mol. The monoisotopic (exact) mass is 302 g/mol. The summed E-state index contributed by atoms with van der Waals surface area (Å²) in [5.41, 5.74) is 7.01. The van der Waals surface area contributed by atoms with Crippen LogP contribution in [0, 0.1) is 0 Å². The van der Waals surface area contributed by atoms with E-state index in [-0.39, 0.29) is 0 Å². The minimum Gasteiger partial charge on any atom is -0.370 e. The second-order valence-electron chi connectivity index (χ2n) is 4.71. The molecule has 3 rings (SSSR count). The maximum Gasteiger partial charge on any atom is 0.191 e. The molecular formula is C14H18N6S. The van der Waals surface area contributed by atoms with Crippen LogP contribution in [0.2, 0.25) is 0 Å². The van der Waals surface area contributed by atoms with Gasteiger partial charge in [-0.15, -0.1) is 5.10 Å². The fraction of sp³-hybridized carbons (Fsp3) is 0.357. The molecule has 6 nitrogen and oxygen atoms in total. The summed E-state index contributed by atoms with van der Waals surface area (Å²) >= 11 is 1.95. The van der Waals surface area contributed by atoms with Gasteiger partial charge in [-0.3, -0.25) is 0 Å². The SMILES string of the molecule is NC(=NCc1ncn(-c2ccccc2)n1)N1CCSCC1. The number of aliphatic imine (C=N–C) groups is 1. The lowest BCUT2D eigenvalue weighted by atomic mass is 10.3. The Morgan fingerprint density at radius 3 is 2.76 bits per heavy atom. The van der Waals surface area contributed by atoms with Crippen molar-refractivity contribution in [3.63, 3.8) is 0 Å². The topological polar surface area (TPSA) is 72.3 Å². The largest absolute Gasteiger partial charge is 0.370 e. The molecule has 0 unspecified atom stereocenters. The summed E-state index contributed by atoms with van der Waals surface area (Å²) in [7, 11) is 0. The van der Waals surface area contributed by atoms with Gasteiger partial charge in [0.25, 0.3) is 0 Å². The van der Waals surface area contributed by atoms with Crippen molar-refractivity contribution in [2.24, 2.45) is 10.7 Å². The minimum atomic E-state index is 0.412. The second-order valence-corrected chi connectivity index (χ2v) is 5.94. The Morgan fingerprint density at radius 2 is 2.00 bits per heavy atom. The molecule has 1 fully saturated rings. The van der Waals surface area contributed by atoms with Gasteiger partial charge in [-0.25, -0.2) is 14.7 Å². The Kier molecular flexibility index (Phi) is 4.40. The summed E-state index contributed by atoms with van der Waals surface area (Å²) in [6.07, 6.45) is 1.70. The molecule has 0 aliphatic carbocycles. The van der Waals surface area contributed by atoms with Crippen LogP contribution >= 0.6 is 11.8 Å². The molecule has 7 heteroatoms. The third-order valence-electron chi connectivity index (χ3n) is 3.28. The van der Waals surface area contributed by atoms with E-state index in [2.05, 4.69) is 20.0 Å². The lowest BCUT2D eigenvalue weighted by Gasteiger charge is -2.27. The molecule has 1 aromatic heterocycles. The fourth-order valence-electron chi connectivity index (χ4n) is 2.12. The molecule has 2 N–H and O–H groups in total. The van der Waals surface area contributed by atoms with Gasteiger partial charge in [0.2, 0.25) is 0 Å². The van der Waals surface area contributed by atoms with Crippen molar-refractivity contribution in [2.45, 2.75) is 6.54 Å². The zero-order valence-corrected chi connectivity index (χ0v) is 12.5. The highest BCUT2D eigenvalue weighted by Crippen LogP contribution is 2.09. The van der Waals surface area contributed by atoms with Gasteiger partial charge >= 0.3 is 0 Å². The number of guanidine groups is 1. The molecule has 0 saturated carbocycles. The lowest BCUT2D eigenvalue weighted by Crippen LogP contribution is -2.42. The highest BCUT2D eigenvalue weighted by Gasteiger charge is 2.12. The van der Waals surface area contributed by atoms with Gasteiger partial charge in [0, 0.05) is 24.6 Å². The van der Waals surface area contributed by atoms with Crippen molar-refractivity contribution in [1.82, 2.24) is 19.7 Å². The number of benzene rings is 1. The maximum absolute atomic E-state index is 6.02. The number of nitrogens with two attached hydrogens (primary N) is 1. The molecule has 1 aliphatic heterocycles. The number of aromatic nitrogens is 3. The first-order valence-electron chi connectivity index (χ1n) is 6.91. The Hall–Kier alpha value is -2.02. The lowest BCUT2D eigenvalue weighted by molar-refractivity contribution is 0.455. The van der Waals surface area contributed by atoms with Crippen molar-refractivity contribution in [2.75, 3.05) is 24.6 Å². The highest BCUT2D eigenvalue weighted by atomic mass is 32.2. The zero-order chi connectivity index (χ0) is 14.5. The van der Waals surface area contributed by atoms with E-state index in [1.54, 1.807) is 11.0 Å². The Bertz CT molecular complexity index is 603. The normalized spacial score (nSPS) is 16.2. The molecule has 0 bridgehead atoms. The van der Waals surface area contributed by atoms with Gasteiger partial charge in [-0.2, -0.15) is 11.8 Å². The van der Waals surface area contributed by atoms with Crippen LogP contribution in [0.15, 0.2) is 41.7 Å². The molecule has 0 spiro atoms. The third-order valence-corrected chi connectivity index (χ3v) is 4.22. The first-order chi connectivity index (χ1) is 10.3. The van der Waals surface area contributed by atoms with Gasteiger partial charge in [0.1, 0.15) is 12.9 Å². The van der Waals surface area contributed by atoms with Crippen molar-refractivity contribution in [3.05, 3.63) is 42.5 Å². The van der Waals surface area contributed by atoms with E-state index in [1.807, 2.05) is 42.1 Å².